The molecule has 2 heterocycles. The Bertz CT molecular complexity index is 4040. The van der Waals surface area contributed by atoms with Gasteiger partial charge in [0, 0.05) is 33.5 Å². The van der Waals surface area contributed by atoms with Crippen LogP contribution >= 0.6 is 0 Å². The molecule has 12 aromatic rings. The predicted molar refractivity (Wildman–Crippen MR) is 321 cm³/mol. The number of aromatic nitrogens is 6. The van der Waals surface area contributed by atoms with E-state index in [4.69, 9.17) is 29.9 Å². The molecule has 0 N–H and O–H groups in total. The Hall–Kier alpha value is -9.92. The highest BCUT2D eigenvalue weighted by Crippen LogP contribution is 2.45. The highest BCUT2D eigenvalue weighted by atomic mass is 15.4. The standard InChI is InChI=1S/C70H56N8/c1-45-40-47(3)63(48(4)41-45)77(64-49(5)42-46(2)43-50(64)6)58-35-37-59(38-36-58)78(69-73-65(54-27-15-9-16-28-54)71-67(75-69)57-32-21-31-56(44-57)51-22-11-7-12-23-51)70-74-66(55-29-17-10-18-30-55)72-68(76-70)61-39-34-52-24-19-20-33-60(52)62(61)53-25-13-8-14-26-53/h7-44H,1-6H3. The predicted octanol–water partition coefficient (Wildman–Crippen LogP) is 18.0. The minimum Gasteiger partial charge on any atom is -0.309 e. The number of aryl methyl sites for hydroxylation is 6. The van der Waals surface area contributed by atoms with E-state index in [9.17, 15) is 0 Å². The third-order valence-corrected chi connectivity index (χ3v) is 14.3. The summed E-state index contributed by atoms with van der Waals surface area (Å²) < 4.78 is 0. The zero-order valence-electron chi connectivity index (χ0n) is 44.5. The number of benzene rings is 10. The van der Waals surface area contributed by atoms with Crippen molar-refractivity contribution in [3.63, 3.8) is 0 Å². The van der Waals surface area contributed by atoms with Gasteiger partial charge in [0.25, 0.3) is 0 Å². The van der Waals surface area contributed by atoms with Crippen LogP contribution in [0.15, 0.2) is 231 Å². The van der Waals surface area contributed by atoms with E-state index in [2.05, 4.69) is 204 Å². The van der Waals surface area contributed by atoms with Crippen LogP contribution in [0.2, 0.25) is 0 Å². The molecule has 0 aliphatic carbocycles. The largest absolute Gasteiger partial charge is 0.309 e. The van der Waals surface area contributed by atoms with Crippen LogP contribution in [-0.4, -0.2) is 29.9 Å². The average Bonchev–Trinajstić information content (AvgIpc) is 3.59. The van der Waals surface area contributed by atoms with Gasteiger partial charge in [-0.05, 0) is 128 Å². The van der Waals surface area contributed by atoms with E-state index in [-0.39, 0.29) is 0 Å². The van der Waals surface area contributed by atoms with E-state index in [1.807, 2.05) is 77.7 Å². The monoisotopic (exact) mass is 1010 g/mol. The lowest BCUT2D eigenvalue weighted by Crippen LogP contribution is -2.19. The topological polar surface area (TPSA) is 83.8 Å². The molecule has 0 amide bonds. The van der Waals surface area contributed by atoms with Crippen LogP contribution in [0.4, 0.5) is 34.6 Å². The van der Waals surface area contributed by atoms with E-state index in [0.29, 0.717) is 35.2 Å². The lowest BCUT2D eigenvalue weighted by Gasteiger charge is -2.32. The fraction of sp³-hybridized carbons (Fsp3) is 0.0857. The van der Waals surface area contributed by atoms with E-state index >= 15 is 0 Å². The summed E-state index contributed by atoms with van der Waals surface area (Å²) in [4.78, 5) is 36.7. The highest BCUT2D eigenvalue weighted by Gasteiger charge is 2.27. The van der Waals surface area contributed by atoms with Crippen molar-refractivity contribution in [3.05, 3.63) is 264 Å². The quantitative estimate of drug-likeness (QED) is 0.120. The molecule has 2 aromatic heterocycles. The second-order valence-corrected chi connectivity index (χ2v) is 20.0. The SMILES string of the molecule is Cc1cc(C)c(N(c2ccc(N(c3nc(-c4ccccc4)nc(-c4cccc(-c5ccccc5)c4)n3)c3nc(-c4ccccc4)nc(-c4ccc5ccccc5c4-c4ccccc4)n3)cc2)c2c(C)cc(C)cc2C)c(C)c1. The Labute approximate surface area is 456 Å². The fourth-order valence-electron chi connectivity index (χ4n) is 10.9. The Morgan fingerprint density at radius 3 is 1.21 bits per heavy atom. The minimum atomic E-state index is 0.334. The third-order valence-electron chi connectivity index (χ3n) is 14.3. The summed E-state index contributed by atoms with van der Waals surface area (Å²) in [5.74, 6) is 2.67. The van der Waals surface area contributed by atoms with Gasteiger partial charge in [0.15, 0.2) is 23.3 Å². The average molecular weight is 1010 g/mol. The zero-order chi connectivity index (χ0) is 53.3. The third kappa shape index (κ3) is 9.68. The maximum Gasteiger partial charge on any atom is 0.241 e. The molecular weight excluding hydrogens is 953 g/mol. The van der Waals surface area contributed by atoms with E-state index in [0.717, 1.165) is 78.0 Å². The second kappa shape index (κ2) is 21.0. The van der Waals surface area contributed by atoms with E-state index < -0.39 is 0 Å². The van der Waals surface area contributed by atoms with Gasteiger partial charge in [-0.3, -0.25) is 0 Å². The zero-order valence-corrected chi connectivity index (χ0v) is 44.5. The van der Waals surface area contributed by atoms with Gasteiger partial charge in [0.2, 0.25) is 11.9 Å². The van der Waals surface area contributed by atoms with Crippen LogP contribution < -0.4 is 9.80 Å². The van der Waals surface area contributed by atoms with Gasteiger partial charge in [-0.25, -0.2) is 14.9 Å². The number of hydrogen-bond acceptors (Lipinski definition) is 8. The molecule has 10 aromatic carbocycles. The summed E-state index contributed by atoms with van der Waals surface area (Å²) in [6.45, 7) is 13.1. The van der Waals surface area contributed by atoms with Crippen LogP contribution in [0.1, 0.15) is 33.4 Å². The summed E-state index contributed by atoms with van der Waals surface area (Å²) in [6.07, 6.45) is 0. The van der Waals surface area contributed by atoms with Gasteiger partial charge < -0.3 is 4.90 Å². The van der Waals surface area contributed by atoms with Crippen molar-refractivity contribution in [3.8, 4) is 67.8 Å². The number of nitrogens with zero attached hydrogens (tertiary/aromatic N) is 8. The molecule has 0 atom stereocenters. The number of rotatable bonds is 12. The Morgan fingerprint density at radius 2 is 0.679 bits per heavy atom. The van der Waals surface area contributed by atoms with Crippen molar-refractivity contribution in [2.75, 3.05) is 9.80 Å². The molecule has 0 unspecified atom stereocenters. The van der Waals surface area contributed by atoms with Gasteiger partial charge in [0.1, 0.15) is 0 Å². The molecular formula is C70H56N8. The van der Waals surface area contributed by atoms with Gasteiger partial charge >= 0.3 is 0 Å². The maximum absolute atomic E-state index is 5.54. The molecule has 0 radical (unpaired) electrons. The van der Waals surface area contributed by atoms with Crippen molar-refractivity contribution >= 4 is 45.4 Å². The van der Waals surface area contributed by atoms with E-state index in [1.165, 1.54) is 33.4 Å². The van der Waals surface area contributed by atoms with Crippen molar-refractivity contribution in [2.24, 2.45) is 0 Å². The number of hydrogen-bond donors (Lipinski definition) is 0. The molecule has 8 heteroatoms. The van der Waals surface area contributed by atoms with Crippen LogP contribution in [0.5, 0.6) is 0 Å². The first-order valence-corrected chi connectivity index (χ1v) is 26.4. The lowest BCUT2D eigenvalue weighted by atomic mass is 9.93. The summed E-state index contributed by atoms with van der Waals surface area (Å²) in [5.41, 5.74) is 18.8. The Kier molecular flexibility index (Phi) is 13.2. The molecule has 0 saturated heterocycles. The van der Waals surface area contributed by atoms with Crippen molar-refractivity contribution < 1.29 is 0 Å². The molecule has 8 nitrogen and oxygen atoms in total. The highest BCUT2D eigenvalue weighted by molar-refractivity contribution is 6.03. The smallest absolute Gasteiger partial charge is 0.241 e. The molecule has 0 aliphatic rings. The van der Waals surface area contributed by atoms with Crippen LogP contribution in [0.25, 0.3) is 78.6 Å². The van der Waals surface area contributed by atoms with Gasteiger partial charge in [-0.2, -0.15) is 19.9 Å². The fourth-order valence-corrected chi connectivity index (χ4v) is 10.9. The van der Waals surface area contributed by atoms with Crippen molar-refractivity contribution in [1.82, 2.24) is 29.9 Å². The molecule has 0 bridgehead atoms. The molecule has 12 rings (SSSR count). The van der Waals surface area contributed by atoms with Gasteiger partial charge in [-0.15, -0.1) is 0 Å². The number of fused-ring (bicyclic) bond motifs is 1. The normalized spacial score (nSPS) is 11.2. The number of anilines is 6. The maximum atomic E-state index is 5.54. The summed E-state index contributed by atoms with van der Waals surface area (Å²) in [5, 5.41) is 2.20. The molecule has 376 valence electrons. The van der Waals surface area contributed by atoms with E-state index in [1.54, 1.807) is 0 Å². The Balaban J connectivity index is 1.13. The van der Waals surface area contributed by atoms with Crippen LogP contribution in [0.3, 0.4) is 0 Å². The molecule has 0 spiro atoms. The van der Waals surface area contributed by atoms with Crippen LogP contribution in [0, 0.1) is 41.5 Å². The van der Waals surface area contributed by atoms with Gasteiger partial charge in [-0.1, -0.05) is 205 Å². The van der Waals surface area contributed by atoms with Crippen molar-refractivity contribution in [1.29, 1.82) is 0 Å². The minimum absolute atomic E-state index is 0.334. The first-order chi connectivity index (χ1) is 38.1. The van der Waals surface area contributed by atoms with Crippen LogP contribution in [-0.2, 0) is 0 Å². The van der Waals surface area contributed by atoms with Gasteiger partial charge in [0.05, 0.1) is 17.1 Å². The first kappa shape index (κ1) is 49.0. The molecule has 0 saturated carbocycles. The Morgan fingerprint density at radius 1 is 0.282 bits per heavy atom. The summed E-state index contributed by atoms with van der Waals surface area (Å²) >= 11 is 0. The van der Waals surface area contributed by atoms with Crippen molar-refractivity contribution in [2.45, 2.75) is 41.5 Å². The summed E-state index contributed by atoms with van der Waals surface area (Å²) in [6, 6.07) is 79.8. The molecule has 0 fully saturated rings. The lowest BCUT2D eigenvalue weighted by molar-refractivity contribution is 0.964. The second-order valence-electron chi connectivity index (χ2n) is 20.0. The first-order valence-electron chi connectivity index (χ1n) is 26.4. The molecule has 78 heavy (non-hydrogen) atoms. The summed E-state index contributed by atoms with van der Waals surface area (Å²) in [7, 11) is 0. The molecule has 0 aliphatic heterocycles.